The van der Waals surface area contributed by atoms with E-state index in [9.17, 15) is 4.79 Å². The third-order valence-corrected chi connectivity index (χ3v) is 3.22. The van der Waals surface area contributed by atoms with Gasteiger partial charge in [0.05, 0.1) is 6.61 Å². The molecule has 0 atom stereocenters. The average molecular weight is 342 g/mol. The first kappa shape index (κ1) is 18.3. The van der Waals surface area contributed by atoms with E-state index in [0.29, 0.717) is 32.0 Å². The van der Waals surface area contributed by atoms with E-state index < -0.39 is 0 Å². The minimum Gasteiger partial charge on any atom is -0.370 e. The second kappa shape index (κ2) is 10.7. The molecule has 2 rings (SSSR count). The van der Waals surface area contributed by atoms with Crippen molar-refractivity contribution in [3.8, 4) is 0 Å². The lowest BCUT2D eigenvalue weighted by atomic mass is 10.2. The summed E-state index contributed by atoms with van der Waals surface area (Å²) in [5.74, 6) is 0.192. The normalized spacial score (nSPS) is 11.1. The molecule has 132 valence electrons. The molecular formula is C17H22N6O2. The van der Waals surface area contributed by atoms with Crippen LogP contribution in [0.15, 0.2) is 54.0 Å². The lowest BCUT2D eigenvalue weighted by Gasteiger charge is -2.06. The second-order valence-electron chi connectivity index (χ2n) is 5.25. The van der Waals surface area contributed by atoms with Gasteiger partial charge in [0.15, 0.2) is 5.96 Å². The number of nitrogens with zero attached hydrogens (tertiary/aromatic N) is 3. The molecule has 0 aliphatic rings. The Hall–Kier alpha value is -3.00. The van der Waals surface area contributed by atoms with Crippen molar-refractivity contribution in [3.63, 3.8) is 0 Å². The molecule has 0 unspecified atom stereocenters. The summed E-state index contributed by atoms with van der Waals surface area (Å²) < 4.78 is 0. The lowest BCUT2D eigenvalue weighted by molar-refractivity contribution is -0.134. The Labute approximate surface area is 146 Å². The predicted octanol–water partition coefficient (Wildman–Crippen LogP) is 1.62. The first-order chi connectivity index (χ1) is 12.2. The van der Waals surface area contributed by atoms with Crippen LogP contribution in [0.25, 0.3) is 0 Å². The number of unbranched alkanes of at least 4 members (excludes halogenated alkanes) is 1. The molecule has 0 saturated heterocycles. The molecule has 0 aliphatic carbocycles. The molecule has 4 N–H and O–H groups in total. The molecule has 0 saturated carbocycles. The van der Waals surface area contributed by atoms with Crippen LogP contribution in [0.2, 0.25) is 0 Å². The van der Waals surface area contributed by atoms with E-state index in [1.54, 1.807) is 36.9 Å². The van der Waals surface area contributed by atoms with Gasteiger partial charge in [0.2, 0.25) is 5.91 Å². The number of carbonyl (C=O) groups is 1. The summed E-state index contributed by atoms with van der Waals surface area (Å²) in [6.45, 7) is 0.866. The van der Waals surface area contributed by atoms with Crippen LogP contribution in [-0.4, -0.2) is 28.4 Å². The fourth-order valence-corrected chi connectivity index (χ4v) is 1.95. The van der Waals surface area contributed by atoms with Crippen molar-refractivity contribution in [2.75, 3.05) is 11.9 Å². The van der Waals surface area contributed by atoms with E-state index in [0.717, 1.165) is 17.7 Å². The minimum atomic E-state index is -0.152. The quantitative estimate of drug-likeness (QED) is 0.276. The Morgan fingerprint density at radius 3 is 2.48 bits per heavy atom. The summed E-state index contributed by atoms with van der Waals surface area (Å²) in [5.41, 5.74) is 9.99. The minimum absolute atomic E-state index is 0.152. The fraction of sp³-hybridized carbons (Fsp3) is 0.294. The number of hydrogen-bond acceptors (Lipinski definition) is 5. The number of carbonyl (C=O) groups excluding carboxylic acids is 1. The third-order valence-electron chi connectivity index (χ3n) is 3.22. The molecule has 0 spiro atoms. The van der Waals surface area contributed by atoms with Gasteiger partial charge >= 0.3 is 0 Å². The molecule has 0 bridgehead atoms. The molecule has 0 fully saturated rings. The van der Waals surface area contributed by atoms with Crippen LogP contribution < -0.4 is 16.5 Å². The highest BCUT2D eigenvalue weighted by Crippen LogP contribution is 2.02. The van der Waals surface area contributed by atoms with Crippen molar-refractivity contribution in [3.05, 3.63) is 54.6 Å². The van der Waals surface area contributed by atoms with E-state index in [1.807, 2.05) is 12.1 Å². The summed E-state index contributed by atoms with van der Waals surface area (Å²) in [5, 5.41) is 2.97. The Kier molecular flexibility index (Phi) is 7.86. The number of hydrogen-bond donors (Lipinski definition) is 3. The van der Waals surface area contributed by atoms with Gasteiger partial charge in [-0.05, 0) is 42.7 Å². The van der Waals surface area contributed by atoms with Crippen molar-refractivity contribution in [2.24, 2.45) is 10.7 Å². The van der Waals surface area contributed by atoms with E-state index in [4.69, 9.17) is 10.6 Å². The van der Waals surface area contributed by atoms with Crippen LogP contribution >= 0.6 is 0 Å². The Morgan fingerprint density at radius 2 is 1.76 bits per heavy atom. The van der Waals surface area contributed by atoms with Crippen molar-refractivity contribution in [1.82, 2.24) is 15.4 Å². The molecule has 8 nitrogen and oxygen atoms in total. The number of amides is 1. The number of nitrogens with one attached hydrogen (secondary N) is 2. The van der Waals surface area contributed by atoms with Crippen LogP contribution in [0.4, 0.5) is 5.69 Å². The standard InChI is InChI=1S/C17H22N6O2/c18-17(22-15-6-11-20-12-7-15)21-8-2-1-3-16(24)23-25-13-14-4-9-19-10-5-14/h4-7,9-12H,1-3,8,13H2,(H,23,24)(H3,18,20,21,22). The highest BCUT2D eigenvalue weighted by Gasteiger charge is 2.01. The highest BCUT2D eigenvalue weighted by atomic mass is 16.6. The van der Waals surface area contributed by atoms with Crippen molar-refractivity contribution < 1.29 is 9.63 Å². The first-order valence-electron chi connectivity index (χ1n) is 8.00. The topological polar surface area (TPSA) is 115 Å². The molecular weight excluding hydrogens is 320 g/mol. The predicted molar refractivity (Wildman–Crippen MR) is 95.4 cm³/mol. The molecule has 2 heterocycles. The summed E-state index contributed by atoms with van der Waals surface area (Å²) in [6, 6.07) is 7.26. The summed E-state index contributed by atoms with van der Waals surface area (Å²) in [6.07, 6.45) is 8.54. The number of nitrogens with two attached hydrogens (primary N) is 1. The Balaban J connectivity index is 1.53. The number of guanidine groups is 1. The number of aliphatic imine (C=N–C) groups is 1. The Bertz CT molecular complexity index is 663. The van der Waals surface area contributed by atoms with Gasteiger partial charge in [0, 0.05) is 43.4 Å². The zero-order valence-electron chi connectivity index (χ0n) is 13.9. The molecule has 0 aliphatic heterocycles. The lowest BCUT2D eigenvalue weighted by Crippen LogP contribution is -2.23. The van der Waals surface area contributed by atoms with E-state index in [1.165, 1.54) is 0 Å². The molecule has 0 aromatic carbocycles. The van der Waals surface area contributed by atoms with Crippen molar-refractivity contribution in [2.45, 2.75) is 25.9 Å². The number of hydroxylamine groups is 1. The summed E-state index contributed by atoms with van der Waals surface area (Å²) >= 11 is 0. The maximum atomic E-state index is 11.6. The van der Waals surface area contributed by atoms with Crippen LogP contribution in [0.5, 0.6) is 0 Å². The van der Waals surface area contributed by atoms with E-state index >= 15 is 0 Å². The SMILES string of the molecule is NC(=NCCCCC(=O)NOCc1ccncc1)Nc1ccncc1. The maximum Gasteiger partial charge on any atom is 0.243 e. The van der Waals surface area contributed by atoms with Gasteiger partial charge in [-0.3, -0.25) is 24.6 Å². The number of anilines is 1. The summed E-state index contributed by atoms with van der Waals surface area (Å²) in [7, 11) is 0. The Morgan fingerprint density at radius 1 is 1.08 bits per heavy atom. The largest absolute Gasteiger partial charge is 0.370 e. The van der Waals surface area contributed by atoms with Crippen molar-refractivity contribution in [1.29, 1.82) is 0 Å². The molecule has 25 heavy (non-hydrogen) atoms. The molecule has 2 aromatic heterocycles. The van der Waals surface area contributed by atoms with Gasteiger partial charge in [-0.25, -0.2) is 5.48 Å². The van der Waals surface area contributed by atoms with Crippen LogP contribution in [-0.2, 0) is 16.2 Å². The summed E-state index contributed by atoms with van der Waals surface area (Å²) in [4.78, 5) is 28.8. The molecule has 2 aromatic rings. The van der Waals surface area contributed by atoms with E-state index in [-0.39, 0.29) is 5.91 Å². The zero-order valence-corrected chi connectivity index (χ0v) is 13.9. The molecule has 8 heteroatoms. The molecule has 0 radical (unpaired) electrons. The van der Waals surface area contributed by atoms with Crippen LogP contribution in [0.1, 0.15) is 24.8 Å². The van der Waals surface area contributed by atoms with Gasteiger partial charge in [0.1, 0.15) is 0 Å². The van der Waals surface area contributed by atoms with Gasteiger partial charge in [-0.1, -0.05) is 0 Å². The number of aromatic nitrogens is 2. The fourth-order valence-electron chi connectivity index (χ4n) is 1.95. The number of pyridine rings is 2. The van der Waals surface area contributed by atoms with Gasteiger partial charge in [-0.2, -0.15) is 0 Å². The number of rotatable bonds is 9. The smallest absolute Gasteiger partial charge is 0.243 e. The second-order valence-corrected chi connectivity index (χ2v) is 5.25. The molecule has 1 amide bonds. The first-order valence-corrected chi connectivity index (χ1v) is 8.00. The monoisotopic (exact) mass is 342 g/mol. The zero-order chi connectivity index (χ0) is 17.7. The van der Waals surface area contributed by atoms with Crippen molar-refractivity contribution >= 4 is 17.6 Å². The van der Waals surface area contributed by atoms with Crippen LogP contribution in [0, 0.1) is 0 Å². The van der Waals surface area contributed by atoms with Crippen LogP contribution in [0.3, 0.4) is 0 Å². The maximum absolute atomic E-state index is 11.6. The van der Waals surface area contributed by atoms with E-state index in [2.05, 4.69) is 25.8 Å². The van der Waals surface area contributed by atoms with Gasteiger partial charge in [-0.15, -0.1) is 0 Å². The van der Waals surface area contributed by atoms with Gasteiger partial charge in [0.25, 0.3) is 0 Å². The third kappa shape index (κ3) is 7.89. The van der Waals surface area contributed by atoms with Gasteiger partial charge < -0.3 is 11.1 Å². The highest BCUT2D eigenvalue weighted by molar-refractivity contribution is 5.92. The average Bonchev–Trinajstić information content (AvgIpc) is 2.63.